The maximum atomic E-state index is 12.9. The summed E-state index contributed by atoms with van der Waals surface area (Å²) in [5, 5.41) is 12.8. The van der Waals surface area contributed by atoms with Gasteiger partial charge < -0.3 is 5.32 Å². The summed E-state index contributed by atoms with van der Waals surface area (Å²) < 4.78 is 0. The van der Waals surface area contributed by atoms with Gasteiger partial charge in [0.1, 0.15) is 6.07 Å². The lowest BCUT2D eigenvalue weighted by Gasteiger charge is -2.26. The van der Waals surface area contributed by atoms with Crippen LogP contribution in [0.2, 0.25) is 0 Å². The Bertz CT molecular complexity index is 830. The summed E-state index contributed by atoms with van der Waals surface area (Å²) in [4.78, 5) is 12.9. The number of nitriles is 1. The minimum Gasteiger partial charge on any atom is -0.324 e. The highest BCUT2D eigenvalue weighted by molar-refractivity contribution is 5.99. The summed E-state index contributed by atoms with van der Waals surface area (Å²) in [6, 6.07) is 17.5. The summed E-state index contributed by atoms with van der Waals surface area (Å²) in [7, 11) is 0. The van der Waals surface area contributed by atoms with Gasteiger partial charge in [-0.15, -0.1) is 0 Å². The molecule has 0 atom stereocenters. The van der Waals surface area contributed by atoms with Crippen molar-refractivity contribution >= 4 is 11.5 Å². The van der Waals surface area contributed by atoms with E-state index in [1.165, 1.54) is 0 Å². The van der Waals surface area contributed by atoms with Gasteiger partial charge in [-0.3, -0.25) is 4.79 Å². The smallest absolute Gasteiger partial charge is 0.256 e. The maximum absolute atomic E-state index is 12.9. The van der Waals surface area contributed by atoms with Gasteiger partial charge in [0.15, 0.2) is 0 Å². The number of hydrogen-bond donors (Lipinski definition) is 1. The second-order valence-corrected chi connectivity index (χ2v) is 7.20. The molecule has 3 nitrogen and oxygen atoms in total. The molecule has 128 valence electrons. The average molecular weight is 332 g/mol. The molecule has 0 saturated carbocycles. The van der Waals surface area contributed by atoms with Gasteiger partial charge in [-0.1, -0.05) is 69.3 Å². The van der Waals surface area contributed by atoms with Crippen LogP contribution in [0.5, 0.6) is 0 Å². The first-order valence-corrected chi connectivity index (χ1v) is 8.33. The summed E-state index contributed by atoms with van der Waals surface area (Å²) >= 11 is 0. The van der Waals surface area contributed by atoms with Crippen molar-refractivity contribution in [3.05, 3.63) is 76.5 Å². The van der Waals surface area contributed by atoms with E-state index in [-0.39, 0.29) is 11.3 Å². The van der Waals surface area contributed by atoms with Gasteiger partial charge >= 0.3 is 0 Å². The molecule has 25 heavy (non-hydrogen) atoms. The van der Waals surface area contributed by atoms with Crippen LogP contribution in [-0.4, -0.2) is 5.91 Å². The maximum Gasteiger partial charge on any atom is 0.256 e. The highest BCUT2D eigenvalue weighted by atomic mass is 16.1. The van der Waals surface area contributed by atoms with Crippen molar-refractivity contribution in [2.45, 2.75) is 34.6 Å². The Kier molecular flexibility index (Phi) is 5.44. The van der Waals surface area contributed by atoms with Crippen LogP contribution >= 0.6 is 0 Å². The fourth-order valence-corrected chi connectivity index (χ4v) is 2.84. The molecule has 0 spiro atoms. The van der Waals surface area contributed by atoms with Gasteiger partial charge in [0.05, 0.1) is 5.57 Å². The van der Waals surface area contributed by atoms with E-state index in [4.69, 9.17) is 0 Å². The Labute approximate surface area is 150 Å². The Hall–Kier alpha value is -2.86. The summed E-state index contributed by atoms with van der Waals surface area (Å²) in [6.07, 6.45) is 0. The quantitative estimate of drug-likeness (QED) is 0.803. The Morgan fingerprint density at radius 1 is 0.960 bits per heavy atom. The minimum absolute atomic E-state index is 0.177. The molecule has 0 radical (unpaired) electrons. The van der Waals surface area contributed by atoms with Crippen molar-refractivity contribution < 1.29 is 4.79 Å². The highest BCUT2D eigenvalue weighted by Gasteiger charge is 2.25. The van der Waals surface area contributed by atoms with E-state index in [9.17, 15) is 10.1 Å². The average Bonchev–Trinajstić information content (AvgIpc) is 2.54. The van der Waals surface area contributed by atoms with Crippen molar-refractivity contribution in [1.29, 1.82) is 5.26 Å². The topological polar surface area (TPSA) is 52.9 Å². The molecule has 0 bridgehead atoms. The van der Waals surface area contributed by atoms with Crippen LogP contribution in [0.3, 0.4) is 0 Å². The monoisotopic (exact) mass is 332 g/mol. The molecule has 0 heterocycles. The second kappa shape index (κ2) is 7.36. The SMILES string of the molecule is Cc1cccc(C)c1C(=O)N/C(=C(/C#N)c1ccccc1)C(C)(C)C. The highest BCUT2D eigenvalue weighted by Crippen LogP contribution is 2.31. The van der Waals surface area contributed by atoms with Crippen LogP contribution in [0.1, 0.15) is 47.8 Å². The number of amides is 1. The van der Waals surface area contributed by atoms with E-state index in [2.05, 4.69) is 11.4 Å². The molecule has 2 aromatic rings. The molecule has 3 heteroatoms. The standard InChI is InChI=1S/C22H24N2O/c1-15-10-9-11-16(2)19(15)21(25)24-20(22(3,4)5)18(14-23)17-12-7-6-8-13-17/h6-13H,1-5H3,(H,24,25)/b20-18-. The summed E-state index contributed by atoms with van der Waals surface area (Å²) in [5.74, 6) is -0.177. The van der Waals surface area contributed by atoms with Crippen LogP contribution in [0, 0.1) is 30.6 Å². The Morgan fingerprint density at radius 3 is 2.00 bits per heavy atom. The van der Waals surface area contributed by atoms with Crippen LogP contribution < -0.4 is 5.32 Å². The largest absolute Gasteiger partial charge is 0.324 e. The zero-order chi connectivity index (χ0) is 18.6. The van der Waals surface area contributed by atoms with Crippen molar-refractivity contribution in [3.63, 3.8) is 0 Å². The van der Waals surface area contributed by atoms with Crippen molar-refractivity contribution in [2.75, 3.05) is 0 Å². The summed E-state index contributed by atoms with van der Waals surface area (Å²) in [6.45, 7) is 9.82. The van der Waals surface area contributed by atoms with Crippen LogP contribution in [0.4, 0.5) is 0 Å². The molecule has 0 aliphatic rings. The van der Waals surface area contributed by atoms with E-state index in [0.29, 0.717) is 16.8 Å². The lowest BCUT2D eigenvalue weighted by atomic mass is 9.86. The number of rotatable bonds is 3. The molecule has 2 aromatic carbocycles. The normalized spacial score (nSPS) is 12.2. The van der Waals surface area contributed by atoms with Crippen molar-refractivity contribution in [3.8, 4) is 6.07 Å². The van der Waals surface area contributed by atoms with Gasteiger partial charge in [-0.05, 0) is 30.5 Å². The Morgan fingerprint density at radius 2 is 1.52 bits per heavy atom. The van der Waals surface area contributed by atoms with Gasteiger partial charge in [0.2, 0.25) is 0 Å². The van der Waals surface area contributed by atoms with Crippen molar-refractivity contribution in [1.82, 2.24) is 5.32 Å². The lowest BCUT2D eigenvalue weighted by Crippen LogP contribution is -2.32. The van der Waals surface area contributed by atoms with Gasteiger partial charge in [-0.2, -0.15) is 5.26 Å². The lowest BCUT2D eigenvalue weighted by molar-refractivity contribution is 0.0957. The molecule has 0 saturated heterocycles. The fourth-order valence-electron chi connectivity index (χ4n) is 2.84. The number of carbonyl (C=O) groups is 1. The molecular weight excluding hydrogens is 308 g/mol. The number of carbonyl (C=O) groups excluding carboxylic acids is 1. The molecule has 1 amide bonds. The third-order valence-electron chi connectivity index (χ3n) is 4.12. The fraction of sp³-hybridized carbons (Fsp3) is 0.273. The molecule has 0 aliphatic heterocycles. The molecular formula is C22H24N2O. The van der Waals surface area contributed by atoms with E-state index in [1.807, 2.05) is 83.1 Å². The molecule has 0 aromatic heterocycles. The van der Waals surface area contributed by atoms with Gasteiger partial charge in [-0.25, -0.2) is 0 Å². The number of allylic oxidation sites excluding steroid dienone is 2. The van der Waals surface area contributed by atoms with E-state index < -0.39 is 0 Å². The third kappa shape index (κ3) is 4.16. The summed E-state index contributed by atoms with van der Waals surface area (Å²) in [5.41, 5.74) is 4.05. The predicted molar refractivity (Wildman–Crippen MR) is 102 cm³/mol. The van der Waals surface area contributed by atoms with E-state index >= 15 is 0 Å². The number of nitrogens with zero attached hydrogens (tertiary/aromatic N) is 1. The number of nitrogens with one attached hydrogen (secondary N) is 1. The van der Waals surface area contributed by atoms with Gasteiger partial charge in [0, 0.05) is 16.7 Å². The van der Waals surface area contributed by atoms with Crippen LogP contribution in [-0.2, 0) is 0 Å². The van der Waals surface area contributed by atoms with Crippen LogP contribution in [0.25, 0.3) is 5.57 Å². The van der Waals surface area contributed by atoms with E-state index in [1.54, 1.807) is 0 Å². The molecule has 2 rings (SSSR count). The molecule has 0 unspecified atom stereocenters. The zero-order valence-electron chi connectivity index (χ0n) is 15.5. The van der Waals surface area contributed by atoms with Gasteiger partial charge in [0.25, 0.3) is 5.91 Å². The van der Waals surface area contributed by atoms with Crippen molar-refractivity contribution in [2.24, 2.45) is 5.41 Å². The number of aryl methyl sites for hydroxylation is 2. The van der Waals surface area contributed by atoms with E-state index in [0.717, 1.165) is 16.7 Å². The number of benzene rings is 2. The Balaban J connectivity index is 2.55. The first-order valence-electron chi connectivity index (χ1n) is 8.33. The molecule has 0 aliphatic carbocycles. The second-order valence-electron chi connectivity index (χ2n) is 7.20. The molecule has 0 fully saturated rings. The predicted octanol–water partition coefficient (Wildman–Crippen LogP) is 5.01. The minimum atomic E-state index is -0.382. The third-order valence-corrected chi connectivity index (χ3v) is 4.12. The first-order chi connectivity index (χ1) is 11.8. The number of hydrogen-bond acceptors (Lipinski definition) is 2. The zero-order valence-corrected chi connectivity index (χ0v) is 15.5. The van der Waals surface area contributed by atoms with Crippen LogP contribution in [0.15, 0.2) is 54.2 Å². The first kappa shape index (κ1) is 18.5. The molecule has 1 N–H and O–H groups in total.